The van der Waals surface area contributed by atoms with Crippen molar-refractivity contribution in [2.24, 2.45) is 5.92 Å². The zero-order chi connectivity index (χ0) is 14.9. The van der Waals surface area contributed by atoms with Crippen LogP contribution in [0, 0.1) is 19.8 Å². The van der Waals surface area contributed by atoms with Gasteiger partial charge in [-0.1, -0.05) is 0 Å². The lowest BCUT2D eigenvalue weighted by Crippen LogP contribution is -2.30. The number of sulfonamides is 1. The molecule has 1 fully saturated rings. The molecule has 0 aliphatic carbocycles. The van der Waals surface area contributed by atoms with Crippen molar-refractivity contribution >= 4 is 27.8 Å². The average Bonchev–Trinajstić information content (AvgIpc) is 2.95. The molecule has 3 N–H and O–H groups in total. The second kappa shape index (κ2) is 5.79. The zero-order valence-corrected chi connectivity index (χ0v) is 13.0. The fraction of sp³-hybridized carbons (Fsp3) is 0.583. The number of carboxylic acid groups (broad SMARTS) is 1. The predicted molar refractivity (Wildman–Crippen MR) is 77.8 cm³/mol. The summed E-state index contributed by atoms with van der Waals surface area (Å²) < 4.78 is 27.3. The third kappa shape index (κ3) is 3.02. The third-order valence-electron chi connectivity index (χ3n) is 3.44. The monoisotopic (exact) mass is 318 g/mol. The van der Waals surface area contributed by atoms with Crippen molar-refractivity contribution in [1.82, 2.24) is 9.71 Å². The van der Waals surface area contributed by atoms with Crippen molar-refractivity contribution in [3.8, 4) is 0 Å². The molecule has 0 bridgehead atoms. The van der Waals surface area contributed by atoms with E-state index in [1.807, 2.05) is 11.8 Å². The molecule has 112 valence electrons. The molecule has 1 aliphatic heterocycles. The molecular weight excluding hydrogens is 300 g/mol. The predicted octanol–water partition coefficient (Wildman–Crippen LogP) is 1.36. The summed E-state index contributed by atoms with van der Waals surface area (Å²) in [7, 11) is -3.68. The zero-order valence-electron chi connectivity index (χ0n) is 11.4. The van der Waals surface area contributed by atoms with Crippen LogP contribution in [-0.4, -0.2) is 42.5 Å². The Labute approximate surface area is 122 Å². The lowest BCUT2D eigenvalue weighted by Gasteiger charge is -2.11. The molecule has 0 amide bonds. The van der Waals surface area contributed by atoms with Gasteiger partial charge in [0.2, 0.25) is 10.0 Å². The molecule has 20 heavy (non-hydrogen) atoms. The Morgan fingerprint density at radius 2 is 2.20 bits per heavy atom. The largest absolute Gasteiger partial charge is 0.477 e. The molecule has 0 spiro atoms. The van der Waals surface area contributed by atoms with Gasteiger partial charge in [-0.05, 0) is 37.7 Å². The number of nitrogens with one attached hydrogen (secondary N) is 2. The normalized spacial score (nSPS) is 19.4. The topological polar surface area (TPSA) is 99.3 Å². The highest BCUT2D eigenvalue weighted by Gasteiger charge is 2.27. The number of aromatic nitrogens is 1. The van der Waals surface area contributed by atoms with Gasteiger partial charge in [0.15, 0.2) is 0 Å². The van der Waals surface area contributed by atoms with Crippen molar-refractivity contribution in [3.63, 3.8) is 0 Å². The third-order valence-corrected chi connectivity index (χ3v) is 6.37. The SMILES string of the molecule is Cc1[nH]c(C(=O)O)c(C)c1S(=O)(=O)NCC1CCSC1. The fourth-order valence-electron chi connectivity index (χ4n) is 2.39. The van der Waals surface area contributed by atoms with Crippen LogP contribution < -0.4 is 4.72 Å². The molecule has 1 atom stereocenters. The molecule has 6 nitrogen and oxygen atoms in total. The van der Waals surface area contributed by atoms with Crippen LogP contribution in [0.4, 0.5) is 0 Å². The van der Waals surface area contributed by atoms with Crippen LogP contribution in [0.2, 0.25) is 0 Å². The molecule has 1 aromatic rings. The fourth-order valence-corrected chi connectivity index (χ4v) is 5.24. The molecule has 0 saturated carbocycles. The van der Waals surface area contributed by atoms with E-state index in [0.717, 1.165) is 17.9 Å². The molecule has 8 heteroatoms. The van der Waals surface area contributed by atoms with E-state index in [9.17, 15) is 13.2 Å². The Bertz CT molecular complexity index is 616. The lowest BCUT2D eigenvalue weighted by atomic mass is 10.1. The van der Waals surface area contributed by atoms with Gasteiger partial charge in [0.1, 0.15) is 10.6 Å². The van der Waals surface area contributed by atoms with Crippen molar-refractivity contribution in [2.45, 2.75) is 25.2 Å². The number of H-pyrrole nitrogens is 1. The lowest BCUT2D eigenvalue weighted by molar-refractivity contribution is 0.0690. The number of aromatic carboxylic acids is 1. The smallest absolute Gasteiger partial charge is 0.352 e. The van der Waals surface area contributed by atoms with E-state index < -0.39 is 16.0 Å². The molecule has 1 unspecified atom stereocenters. The second-order valence-corrected chi connectivity index (χ2v) is 7.82. The molecule has 1 aromatic heterocycles. The summed E-state index contributed by atoms with van der Waals surface area (Å²) in [5.74, 6) is 1.23. The first-order valence-corrected chi connectivity index (χ1v) is 8.96. The van der Waals surface area contributed by atoms with Gasteiger partial charge in [-0.3, -0.25) is 0 Å². The summed E-state index contributed by atoms with van der Waals surface area (Å²) in [4.78, 5) is 13.7. The molecule has 2 heterocycles. The highest BCUT2D eigenvalue weighted by Crippen LogP contribution is 2.25. The minimum Gasteiger partial charge on any atom is -0.477 e. The highest BCUT2D eigenvalue weighted by atomic mass is 32.2. The van der Waals surface area contributed by atoms with Crippen molar-refractivity contribution in [1.29, 1.82) is 0 Å². The molecule has 1 saturated heterocycles. The Balaban J connectivity index is 2.22. The van der Waals surface area contributed by atoms with Crippen LogP contribution in [0.3, 0.4) is 0 Å². The quantitative estimate of drug-likeness (QED) is 0.761. The van der Waals surface area contributed by atoms with Crippen LogP contribution in [0.5, 0.6) is 0 Å². The van der Waals surface area contributed by atoms with Gasteiger partial charge in [0, 0.05) is 17.8 Å². The maximum atomic E-state index is 12.3. The molecular formula is C12H18N2O4S2. The van der Waals surface area contributed by atoms with Gasteiger partial charge in [-0.15, -0.1) is 0 Å². The summed E-state index contributed by atoms with van der Waals surface area (Å²) in [6, 6.07) is 0. The number of hydrogen-bond donors (Lipinski definition) is 3. The Morgan fingerprint density at radius 3 is 2.70 bits per heavy atom. The molecule has 0 radical (unpaired) electrons. The van der Waals surface area contributed by atoms with Crippen LogP contribution in [-0.2, 0) is 10.0 Å². The summed E-state index contributed by atoms with van der Waals surface area (Å²) in [5.41, 5.74) is 0.538. The standard InChI is InChI=1S/C12H18N2O4S2/c1-7-10(12(15)16)14-8(2)11(7)20(17,18)13-5-9-3-4-19-6-9/h9,13-14H,3-6H2,1-2H3,(H,15,16). The first-order chi connectivity index (χ1) is 9.33. The minimum absolute atomic E-state index is 0.0561. The molecule has 0 aromatic carbocycles. The van der Waals surface area contributed by atoms with Gasteiger partial charge in [-0.25, -0.2) is 17.9 Å². The Morgan fingerprint density at radius 1 is 1.50 bits per heavy atom. The highest BCUT2D eigenvalue weighted by molar-refractivity contribution is 7.99. The van der Waals surface area contributed by atoms with Crippen LogP contribution in [0.15, 0.2) is 4.90 Å². The number of thioether (sulfide) groups is 1. The number of carboxylic acids is 1. The van der Waals surface area contributed by atoms with Gasteiger partial charge in [0.05, 0.1) is 0 Å². The van der Waals surface area contributed by atoms with Crippen molar-refractivity contribution < 1.29 is 18.3 Å². The number of rotatable bonds is 5. The van der Waals surface area contributed by atoms with E-state index >= 15 is 0 Å². The Hall–Kier alpha value is -0.990. The van der Waals surface area contributed by atoms with Gasteiger partial charge in [-0.2, -0.15) is 11.8 Å². The average molecular weight is 318 g/mol. The number of aromatic amines is 1. The summed E-state index contributed by atoms with van der Waals surface area (Å²) in [5, 5.41) is 9.02. The van der Waals surface area contributed by atoms with E-state index in [2.05, 4.69) is 9.71 Å². The summed E-state index contributed by atoms with van der Waals surface area (Å²) in [6.45, 7) is 3.48. The van der Waals surface area contributed by atoms with Crippen molar-refractivity contribution in [2.75, 3.05) is 18.1 Å². The van der Waals surface area contributed by atoms with Crippen LogP contribution >= 0.6 is 11.8 Å². The number of carbonyl (C=O) groups is 1. The van der Waals surface area contributed by atoms with Gasteiger partial charge >= 0.3 is 5.97 Å². The number of aryl methyl sites for hydroxylation is 1. The van der Waals surface area contributed by atoms with E-state index in [1.165, 1.54) is 6.92 Å². The van der Waals surface area contributed by atoms with E-state index in [4.69, 9.17) is 5.11 Å². The van der Waals surface area contributed by atoms with Crippen molar-refractivity contribution in [3.05, 3.63) is 17.0 Å². The summed E-state index contributed by atoms with van der Waals surface area (Å²) in [6.07, 6.45) is 1.01. The first-order valence-electron chi connectivity index (χ1n) is 6.32. The van der Waals surface area contributed by atoms with E-state index in [0.29, 0.717) is 18.2 Å². The second-order valence-electron chi connectivity index (χ2n) is 4.97. The molecule has 1 aliphatic rings. The van der Waals surface area contributed by atoms with Crippen LogP contribution in [0.25, 0.3) is 0 Å². The maximum Gasteiger partial charge on any atom is 0.352 e. The van der Waals surface area contributed by atoms with E-state index in [-0.39, 0.29) is 16.2 Å². The molecule has 2 rings (SSSR count). The van der Waals surface area contributed by atoms with E-state index in [1.54, 1.807) is 6.92 Å². The van der Waals surface area contributed by atoms with Gasteiger partial charge < -0.3 is 10.1 Å². The Kier molecular flexibility index (Phi) is 4.46. The minimum atomic E-state index is -3.68. The summed E-state index contributed by atoms with van der Waals surface area (Å²) >= 11 is 1.82. The van der Waals surface area contributed by atoms with Gasteiger partial charge in [0.25, 0.3) is 0 Å². The first kappa shape index (κ1) is 15.4. The van der Waals surface area contributed by atoms with Crippen LogP contribution in [0.1, 0.15) is 28.2 Å². The number of hydrogen-bond acceptors (Lipinski definition) is 4. The maximum absolute atomic E-state index is 12.3.